The van der Waals surface area contributed by atoms with Crippen LogP contribution in [0.2, 0.25) is 0 Å². The second-order valence-electron chi connectivity index (χ2n) is 27.6. The molecular weight excluding hydrogens is 1430 g/mol. The highest BCUT2D eigenvalue weighted by Crippen LogP contribution is 2.49. The quantitative estimate of drug-likeness (QED) is 0.0545. The van der Waals surface area contributed by atoms with Crippen LogP contribution in [0.5, 0.6) is 0 Å². The smallest absolute Gasteiger partial charge is 0.416 e. The lowest BCUT2D eigenvalue weighted by Crippen LogP contribution is -2.50. The number of amides is 5. The monoisotopic (exact) mass is 1520 g/mol. The molecule has 16 nitrogen and oxygen atoms in total. The third kappa shape index (κ3) is 19.9. The number of ether oxygens (including phenoxy) is 2. The van der Waals surface area contributed by atoms with Crippen LogP contribution >= 0.6 is 37.2 Å². The third-order valence-corrected chi connectivity index (χ3v) is 20.8. The normalized spacial score (nSPS) is 17.4. The number of carbonyl (C=O) groups excluding carboxylic acids is 4. The standard InChI is InChI=1S/C79H87F7N8O8.3ClH/c1-87(51-56-14-12-18-60(46-56)73(97)90(4)44-45-91-39-31-66(32-40-91)94(75(99)100)69-21-11-9-19-67(69)57-15-6-5-7-16-57)38-30-55-22-24-58(25-23-55)72(96)89(3)37-13-36-88(2)71(95)52-101-70-49-59-17-8-10-20-68(59)76(70)33-41-92(42-34-76)43-35-77(62-26-28-65(80)29-27-62)53-93(54-102-77)74(98)61-47-63(78(81,82)83)50-64(48-61)79(84,85)86;;;/h5-12,14-29,46-48,50,66,70H,13,30-45,49,51-54H2,1-4H3,(H,99,100);3*1H/t70-,77+;;;/m0.../s1. The second-order valence-corrected chi connectivity index (χ2v) is 27.6. The van der Waals surface area contributed by atoms with Crippen LogP contribution < -0.4 is 4.90 Å². The lowest BCUT2D eigenvalue weighted by atomic mass is 9.72. The Labute approximate surface area is 627 Å². The molecule has 2 atom stereocenters. The van der Waals surface area contributed by atoms with Crippen molar-refractivity contribution < 1.29 is 69.3 Å². The number of hydrogen-bond acceptors (Lipinski definition) is 10. The number of alkyl halides is 6. The highest BCUT2D eigenvalue weighted by atomic mass is 35.5. The molecule has 3 fully saturated rings. The SMILES string of the molecule is CN(CCc1ccc(C(=O)N(C)CCCN(C)C(=O)CO[C@H]2Cc3ccccc3C23CCN(CC[C@]2(c4ccc(F)cc4)CN(C(=O)c4cc(C(F)(F)F)cc(C(F)(F)F)c4)CO2)CC3)cc1)Cc1cccc(C(=O)N(C)CCN2CCC(N(C(=O)O)c3ccccc3-c3ccccc3)CC2)c1.Cl.Cl.Cl. The van der Waals surface area contributed by atoms with E-state index in [1.165, 1.54) is 29.2 Å². The van der Waals surface area contributed by atoms with Crippen LogP contribution in [-0.2, 0) is 57.0 Å². The van der Waals surface area contributed by atoms with Gasteiger partial charge in [0.15, 0.2) is 0 Å². The van der Waals surface area contributed by atoms with Gasteiger partial charge in [-0.25, -0.2) is 9.18 Å². The van der Waals surface area contributed by atoms with E-state index in [-0.39, 0.29) is 92.7 Å². The molecule has 11 rings (SSSR count). The molecule has 0 aromatic heterocycles. The average molecular weight is 1520 g/mol. The van der Waals surface area contributed by atoms with Crippen molar-refractivity contribution in [1.29, 1.82) is 0 Å². The molecule has 3 aliphatic heterocycles. The number of carbonyl (C=O) groups is 5. The van der Waals surface area contributed by atoms with Gasteiger partial charge < -0.3 is 48.9 Å². The van der Waals surface area contributed by atoms with E-state index in [0.29, 0.717) is 125 Å². The Morgan fingerprint density at radius 2 is 1.22 bits per heavy atom. The molecule has 1 aliphatic carbocycles. The largest absolute Gasteiger partial charge is 0.465 e. The fourth-order valence-corrected chi connectivity index (χ4v) is 14.9. The number of hydrogen-bond donors (Lipinski definition) is 1. The minimum Gasteiger partial charge on any atom is -0.465 e. The van der Waals surface area contributed by atoms with Crippen LogP contribution in [0.25, 0.3) is 11.1 Å². The summed E-state index contributed by atoms with van der Waals surface area (Å²) in [4.78, 5) is 81.9. The fourth-order valence-electron chi connectivity index (χ4n) is 14.9. The highest BCUT2D eigenvalue weighted by Gasteiger charge is 2.50. The number of rotatable bonds is 25. The number of likely N-dealkylation sites (tertiary alicyclic amines) is 2. The van der Waals surface area contributed by atoms with Gasteiger partial charge in [0.05, 0.1) is 29.5 Å². The molecule has 1 N–H and O–H groups in total. The Morgan fingerprint density at radius 3 is 1.89 bits per heavy atom. The Kier molecular flexibility index (Phi) is 28.3. The number of carboxylic acid groups (broad SMARTS) is 1. The molecule has 7 aromatic rings. The first-order chi connectivity index (χ1) is 48.8. The maximum atomic E-state index is 14.3. The Hall–Kier alpha value is -8.13. The fraction of sp³-hybridized carbons (Fsp3) is 0.405. The molecule has 26 heteroatoms. The Balaban J connectivity index is 0.00000465. The number of nitrogens with zero attached hydrogens (tertiary/aromatic N) is 8. The van der Waals surface area contributed by atoms with Gasteiger partial charge in [0.25, 0.3) is 17.7 Å². The number of piperidine rings is 2. The van der Waals surface area contributed by atoms with E-state index in [1.54, 1.807) is 28.8 Å². The molecule has 3 heterocycles. The second kappa shape index (κ2) is 36.0. The van der Waals surface area contributed by atoms with E-state index >= 15 is 0 Å². The summed E-state index contributed by atoms with van der Waals surface area (Å²) < 4.78 is 110. The van der Waals surface area contributed by atoms with Crippen LogP contribution in [0, 0.1) is 5.82 Å². The lowest BCUT2D eigenvalue weighted by molar-refractivity contribution is -0.143. The first-order valence-corrected chi connectivity index (χ1v) is 34.7. The molecule has 564 valence electrons. The molecule has 3 saturated heterocycles. The molecule has 4 aliphatic rings. The zero-order valence-electron chi connectivity index (χ0n) is 59.1. The average Bonchev–Trinajstić information content (AvgIpc) is 1.60. The maximum absolute atomic E-state index is 14.3. The van der Waals surface area contributed by atoms with Crippen molar-refractivity contribution in [2.24, 2.45) is 0 Å². The van der Waals surface area contributed by atoms with Crippen LogP contribution in [-0.4, -0.2) is 195 Å². The van der Waals surface area contributed by atoms with Gasteiger partial charge in [0, 0.05) is 114 Å². The maximum Gasteiger partial charge on any atom is 0.416 e. The minimum atomic E-state index is -5.15. The summed E-state index contributed by atoms with van der Waals surface area (Å²) in [7, 11) is 7.32. The van der Waals surface area contributed by atoms with Crippen molar-refractivity contribution in [3.63, 3.8) is 0 Å². The highest BCUT2D eigenvalue weighted by molar-refractivity contribution is 5.96. The van der Waals surface area contributed by atoms with E-state index in [9.17, 15) is 59.8 Å². The molecule has 7 aromatic carbocycles. The van der Waals surface area contributed by atoms with Crippen molar-refractivity contribution in [2.75, 3.05) is 118 Å². The van der Waals surface area contributed by atoms with Crippen LogP contribution in [0.3, 0.4) is 0 Å². The van der Waals surface area contributed by atoms with Gasteiger partial charge in [0.1, 0.15) is 24.8 Å². The number of fused-ring (bicyclic) bond motifs is 2. The van der Waals surface area contributed by atoms with Gasteiger partial charge in [0.2, 0.25) is 5.91 Å². The van der Waals surface area contributed by atoms with Gasteiger partial charge in [-0.05, 0) is 166 Å². The summed E-state index contributed by atoms with van der Waals surface area (Å²) in [6, 6.07) is 47.0. The minimum absolute atomic E-state index is 0. The number of benzene rings is 7. The lowest BCUT2D eigenvalue weighted by Gasteiger charge is -2.44. The first kappa shape index (κ1) is 82.5. The molecule has 0 saturated carbocycles. The molecule has 105 heavy (non-hydrogen) atoms. The van der Waals surface area contributed by atoms with Gasteiger partial charge in [-0.1, -0.05) is 109 Å². The van der Waals surface area contributed by atoms with Crippen LogP contribution in [0.4, 0.5) is 41.2 Å². The molecule has 5 amide bonds. The van der Waals surface area contributed by atoms with Gasteiger partial charge in [-0.3, -0.25) is 24.1 Å². The van der Waals surface area contributed by atoms with E-state index in [2.05, 4.69) is 26.8 Å². The van der Waals surface area contributed by atoms with Gasteiger partial charge in [-0.2, -0.15) is 26.3 Å². The van der Waals surface area contributed by atoms with Crippen LogP contribution in [0.15, 0.2) is 170 Å². The van der Waals surface area contributed by atoms with Crippen LogP contribution in [0.1, 0.15) is 109 Å². The van der Waals surface area contributed by atoms with Crippen molar-refractivity contribution in [3.8, 4) is 11.1 Å². The Bertz CT molecular complexity index is 4060. The van der Waals surface area contributed by atoms with E-state index < -0.39 is 64.6 Å². The summed E-state index contributed by atoms with van der Waals surface area (Å²) in [6.45, 7) is 5.63. The predicted octanol–water partition coefficient (Wildman–Crippen LogP) is 14.5. The van der Waals surface area contributed by atoms with Gasteiger partial charge in [-0.15, -0.1) is 37.2 Å². The van der Waals surface area contributed by atoms with Crippen molar-refractivity contribution in [2.45, 2.75) is 93.4 Å². The first-order valence-electron chi connectivity index (χ1n) is 34.7. The van der Waals surface area contributed by atoms with Crippen molar-refractivity contribution in [1.82, 2.24) is 34.3 Å². The summed E-state index contributed by atoms with van der Waals surface area (Å²) in [6.07, 6.45) is -6.75. The van der Waals surface area contributed by atoms with E-state index in [4.69, 9.17) is 9.47 Å². The number of halogens is 10. The van der Waals surface area contributed by atoms with Crippen molar-refractivity contribution in [3.05, 3.63) is 231 Å². The molecule has 0 unspecified atom stereocenters. The Morgan fingerprint density at radius 1 is 0.610 bits per heavy atom. The van der Waals surface area contributed by atoms with Gasteiger partial charge >= 0.3 is 18.4 Å². The molecular formula is C79H90Cl3F7N8O8. The zero-order valence-corrected chi connectivity index (χ0v) is 61.6. The summed E-state index contributed by atoms with van der Waals surface area (Å²) >= 11 is 0. The number of para-hydroxylation sites is 1. The zero-order chi connectivity index (χ0) is 72.5. The van der Waals surface area contributed by atoms with E-state index in [1.807, 2.05) is 129 Å². The molecule has 1 spiro atoms. The van der Waals surface area contributed by atoms with Crippen molar-refractivity contribution >= 4 is 72.6 Å². The third-order valence-electron chi connectivity index (χ3n) is 20.8. The molecule has 0 radical (unpaired) electrons. The summed E-state index contributed by atoms with van der Waals surface area (Å²) in [5.41, 5.74) is 2.87. The predicted molar refractivity (Wildman–Crippen MR) is 396 cm³/mol. The number of anilines is 1. The van der Waals surface area contributed by atoms with E-state index in [0.717, 1.165) is 64.3 Å². The molecule has 0 bridgehead atoms. The summed E-state index contributed by atoms with van der Waals surface area (Å²) in [5, 5.41) is 10.4. The topological polar surface area (TPSA) is 150 Å². The summed E-state index contributed by atoms with van der Waals surface area (Å²) in [5.74, 6) is -2.01. The number of likely N-dealkylation sites (N-methyl/N-ethyl adjacent to an activating group) is 3.